The van der Waals surface area contributed by atoms with Gasteiger partial charge >= 0.3 is 0 Å². The molecule has 2 aliphatic carbocycles. The second-order valence-corrected chi connectivity index (χ2v) is 8.65. The Hall–Kier alpha value is -2.17. The fourth-order valence-electron chi connectivity index (χ4n) is 5.87. The summed E-state index contributed by atoms with van der Waals surface area (Å²) >= 11 is 0. The van der Waals surface area contributed by atoms with Gasteiger partial charge in [0.05, 0.1) is 17.5 Å². The fraction of sp³-hybridized carbons (Fsp3) is 0.591. The molecule has 5 heteroatoms. The molecule has 27 heavy (non-hydrogen) atoms. The minimum absolute atomic E-state index is 0.0243. The van der Waals surface area contributed by atoms with E-state index in [0.29, 0.717) is 23.1 Å². The zero-order chi connectivity index (χ0) is 18.5. The van der Waals surface area contributed by atoms with Crippen molar-refractivity contribution in [2.45, 2.75) is 44.9 Å². The molecule has 4 aliphatic rings. The summed E-state index contributed by atoms with van der Waals surface area (Å²) in [4.78, 5) is 41.9. The van der Waals surface area contributed by atoms with Crippen LogP contribution in [-0.4, -0.2) is 35.7 Å². The molecule has 2 saturated carbocycles. The molecule has 5 rings (SSSR count). The van der Waals surface area contributed by atoms with E-state index in [1.165, 1.54) is 17.7 Å². The standard InChI is InChI=1S/C22H26N2O3/c25-20(23-11-3-1-2-4-12-23)14-7-9-17(10-8-14)24-21(26)18-15-5-6-16(13-15)19(18)22(24)27/h7-10,15-16,18-19H,1-6,11-13H2/t15-,16-,18-,19-/m0/s1. The third-order valence-corrected chi connectivity index (χ3v) is 7.19. The minimum Gasteiger partial charge on any atom is -0.339 e. The molecule has 4 atom stereocenters. The highest BCUT2D eigenvalue weighted by molar-refractivity contribution is 6.22. The summed E-state index contributed by atoms with van der Waals surface area (Å²) in [5.74, 6) is 0.588. The first-order chi connectivity index (χ1) is 13.1. The van der Waals surface area contributed by atoms with Gasteiger partial charge in [0.2, 0.25) is 11.8 Å². The topological polar surface area (TPSA) is 57.7 Å². The van der Waals surface area contributed by atoms with E-state index < -0.39 is 0 Å². The SMILES string of the molecule is O=C(c1ccc(N2C(=O)[C@H]3[C@H]4CC[C@@H](C4)[C@@H]3C2=O)cc1)N1CCCCCC1. The van der Waals surface area contributed by atoms with Crippen molar-refractivity contribution < 1.29 is 14.4 Å². The number of imide groups is 1. The Morgan fingerprint density at radius 1 is 0.815 bits per heavy atom. The number of hydrogen-bond acceptors (Lipinski definition) is 3. The largest absolute Gasteiger partial charge is 0.339 e. The van der Waals surface area contributed by atoms with E-state index in [9.17, 15) is 14.4 Å². The first-order valence-corrected chi connectivity index (χ1v) is 10.4. The van der Waals surface area contributed by atoms with E-state index in [4.69, 9.17) is 0 Å². The maximum Gasteiger partial charge on any atom is 0.253 e. The Kier molecular flexibility index (Phi) is 4.06. The highest BCUT2D eigenvalue weighted by atomic mass is 16.2. The molecule has 3 amide bonds. The normalized spacial score (nSPS) is 32.7. The lowest BCUT2D eigenvalue weighted by atomic mass is 9.81. The smallest absolute Gasteiger partial charge is 0.253 e. The van der Waals surface area contributed by atoms with Gasteiger partial charge < -0.3 is 4.90 Å². The summed E-state index contributed by atoms with van der Waals surface area (Å²) in [6, 6.07) is 7.07. The van der Waals surface area contributed by atoms with Crippen LogP contribution in [0.3, 0.4) is 0 Å². The van der Waals surface area contributed by atoms with Gasteiger partial charge in [-0.3, -0.25) is 19.3 Å². The average Bonchev–Trinajstić information content (AvgIpc) is 3.28. The van der Waals surface area contributed by atoms with Crippen LogP contribution in [-0.2, 0) is 9.59 Å². The molecule has 2 bridgehead atoms. The molecule has 0 N–H and O–H groups in total. The van der Waals surface area contributed by atoms with Gasteiger partial charge in [-0.2, -0.15) is 0 Å². The quantitative estimate of drug-likeness (QED) is 0.755. The lowest BCUT2D eigenvalue weighted by molar-refractivity contribution is -0.123. The number of rotatable bonds is 2. The maximum absolute atomic E-state index is 12.9. The molecule has 0 spiro atoms. The molecule has 0 unspecified atom stereocenters. The molecule has 1 aromatic carbocycles. The van der Waals surface area contributed by atoms with E-state index in [1.807, 2.05) is 4.90 Å². The number of anilines is 1. The number of likely N-dealkylation sites (tertiary alicyclic amines) is 1. The van der Waals surface area contributed by atoms with Crippen molar-refractivity contribution in [3.63, 3.8) is 0 Å². The summed E-state index contributed by atoms with van der Waals surface area (Å²) in [5, 5.41) is 0. The summed E-state index contributed by atoms with van der Waals surface area (Å²) in [5.41, 5.74) is 1.26. The van der Waals surface area contributed by atoms with E-state index in [2.05, 4.69) is 0 Å². The first-order valence-electron chi connectivity index (χ1n) is 10.4. The lowest BCUT2D eigenvalue weighted by Gasteiger charge is -2.21. The minimum atomic E-state index is -0.102. The van der Waals surface area contributed by atoms with Crippen molar-refractivity contribution in [2.75, 3.05) is 18.0 Å². The molecule has 2 heterocycles. The molecule has 5 nitrogen and oxygen atoms in total. The summed E-state index contributed by atoms with van der Waals surface area (Å²) in [6.07, 6.45) is 7.71. The molecule has 1 aromatic rings. The van der Waals surface area contributed by atoms with Crippen molar-refractivity contribution >= 4 is 23.4 Å². The Morgan fingerprint density at radius 2 is 1.37 bits per heavy atom. The van der Waals surface area contributed by atoms with Crippen LogP contribution in [0.15, 0.2) is 24.3 Å². The van der Waals surface area contributed by atoms with Crippen molar-refractivity contribution in [3.05, 3.63) is 29.8 Å². The number of amides is 3. The average molecular weight is 366 g/mol. The van der Waals surface area contributed by atoms with Crippen LogP contribution in [0.2, 0.25) is 0 Å². The van der Waals surface area contributed by atoms with E-state index >= 15 is 0 Å². The van der Waals surface area contributed by atoms with Crippen LogP contribution >= 0.6 is 0 Å². The molecule has 0 aromatic heterocycles. The Morgan fingerprint density at radius 3 is 1.93 bits per heavy atom. The van der Waals surface area contributed by atoms with Gasteiger partial charge in [0.15, 0.2) is 0 Å². The fourth-order valence-corrected chi connectivity index (χ4v) is 5.87. The van der Waals surface area contributed by atoms with E-state index in [0.717, 1.165) is 45.2 Å². The Bertz CT molecular complexity index is 751. The number of hydrogen-bond donors (Lipinski definition) is 0. The van der Waals surface area contributed by atoms with Crippen LogP contribution < -0.4 is 4.90 Å². The zero-order valence-electron chi connectivity index (χ0n) is 15.6. The molecule has 2 saturated heterocycles. The van der Waals surface area contributed by atoms with Gasteiger partial charge in [-0.1, -0.05) is 12.8 Å². The lowest BCUT2D eigenvalue weighted by Crippen LogP contribution is -2.33. The van der Waals surface area contributed by atoms with Gasteiger partial charge in [0.1, 0.15) is 0 Å². The number of fused-ring (bicyclic) bond motifs is 5. The van der Waals surface area contributed by atoms with Crippen molar-refractivity contribution in [2.24, 2.45) is 23.7 Å². The highest BCUT2D eigenvalue weighted by Gasteiger charge is 2.61. The molecule has 142 valence electrons. The van der Waals surface area contributed by atoms with Crippen molar-refractivity contribution in [1.29, 1.82) is 0 Å². The van der Waals surface area contributed by atoms with E-state index in [1.54, 1.807) is 24.3 Å². The van der Waals surface area contributed by atoms with Crippen molar-refractivity contribution in [3.8, 4) is 0 Å². The Labute approximate surface area is 159 Å². The Balaban J connectivity index is 1.35. The molecule has 0 radical (unpaired) electrons. The van der Waals surface area contributed by atoms with Crippen molar-refractivity contribution in [1.82, 2.24) is 4.90 Å². The first kappa shape index (κ1) is 17.0. The van der Waals surface area contributed by atoms with Crippen LogP contribution in [0, 0.1) is 23.7 Å². The van der Waals surface area contributed by atoms with Crippen LogP contribution in [0.25, 0.3) is 0 Å². The van der Waals surface area contributed by atoms with Gasteiger partial charge in [-0.05, 0) is 68.2 Å². The van der Waals surface area contributed by atoms with E-state index in [-0.39, 0.29) is 29.6 Å². The predicted octanol–water partition coefficient (Wildman–Crippen LogP) is 3.24. The third kappa shape index (κ3) is 2.62. The van der Waals surface area contributed by atoms with Crippen LogP contribution in [0.5, 0.6) is 0 Å². The van der Waals surface area contributed by atoms with Crippen LogP contribution in [0.4, 0.5) is 5.69 Å². The second kappa shape index (κ2) is 6.47. The summed E-state index contributed by atoms with van der Waals surface area (Å²) < 4.78 is 0. The summed E-state index contributed by atoms with van der Waals surface area (Å²) in [6.45, 7) is 1.63. The third-order valence-electron chi connectivity index (χ3n) is 7.19. The number of carbonyl (C=O) groups excluding carboxylic acids is 3. The predicted molar refractivity (Wildman–Crippen MR) is 101 cm³/mol. The van der Waals surface area contributed by atoms with Crippen LogP contribution in [0.1, 0.15) is 55.3 Å². The van der Waals surface area contributed by atoms with Gasteiger partial charge in [-0.15, -0.1) is 0 Å². The van der Waals surface area contributed by atoms with Gasteiger partial charge in [0, 0.05) is 18.7 Å². The zero-order valence-corrected chi connectivity index (χ0v) is 15.6. The molecule has 4 fully saturated rings. The second-order valence-electron chi connectivity index (χ2n) is 8.65. The van der Waals surface area contributed by atoms with Gasteiger partial charge in [0.25, 0.3) is 5.91 Å². The van der Waals surface area contributed by atoms with Gasteiger partial charge in [-0.25, -0.2) is 0 Å². The number of carbonyl (C=O) groups is 3. The molecular weight excluding hydrogens is 340 g/mol. The molecule has 2 aliphatic heterocycles. The highest BCUT2D eigenvalue weighted by Crippen LogP contribution is 2.56. The monoisotopic (exact) mass is 366 g/mol. The summed E-state index contributed by atoms with van der Waals surface area (Å²) in [7, 11) is 0. The number of nitrogens with zero attached hydrogens (tertiary/aromatic N) is 2. The maximum atomic E-state index is 12.9. The molecular formula is C22H26N2O3. The number of benzene rings is 1.